The van der Waals surface area contributed by atoms with Crippen molar-refractivity contribution in [2.75, 3.05) is 26.4 Å². The number of hydrogen-bond acceptors (Lipinski definition) is 5. The molecule has 0 fully saturated rings. The Balaban J connectivity index is 1.99. The number of aliphatic hydroxyl groups is 1. The lowest BCUT2D eigenvalue weighted by atomic mass is 10.4. The fraction of sp³-hybridized carbons (Fsp3) is 0.556. The Morgan fingerprint density at radius 2 is 2.36 bits per heavy atom. The molecule has 0 saturated carbocycles. The highest BCUT2D eigenvalue weighted by Gasteiger charge is 1.92. The fourth-order valence-electron chi connectivity index (χ4n) is 0.950. The van der Waals surface area contributed by atoms with E-state index in [4.69, 9.17) is 9.84 Å². The van der Waals surface area contributed by atoms with Gasteiger partial charge in [0.25, 0.3) is 0 Å². The minimum absolute atomic E-state index is 0.0753. The van der Waals surface area contributed by atoms with E-state index < -0.39 is 0 Å². The maximum absolute atomic E-state index is 8.44. The van der Waals surface area contributed by atoms with Crippen LogP contribution in [0.15, 0.2) is 18.6 Å². The van der Waals surface area contributed by atoms with E-state index >= 15 is 0 Å². The summed E-state index contributed by atoms with van der Waals surface area (Å²) in [5.41, 5.74) is 0.960. The van der Waals surface area contributed by atoms with Crippen molar-refractivity contribution in [2.45, 2.75) is 6.54 Å². The van der Waals surface area contributed by atoms with Gasteiger partial charge in [0, 0.05) is 19.3 Å². The van der Waals surface area contributed by atoms with Crippen LogP contribution in [0, 0.1) is 0 Å². The van der Waals surface area contributed by atoms with Crippen molar-refractivity contribution in [1.29, 1.82) is 0 Å². The number of nitrogens with zero attached hydrogens (tertiary/aromatic N) is 2. The van der Waals surface area contributed by atoms with Crippen molar-refractivity contribution in [3.8, 4) is 0 Å². The van der Waals surface area contributed by atoms with Crippen molar-refractivity contribution >= 4 is 0 Å². The summed E-state index contributed by atoms with van der Waals surface area (Å²) in [5.74, 6) is 0. The first-order valence-corrected chi connectivity index (χ1v) is 4.57. The van der Waals surface area contributed by atoms with Gasteiger partial charge in [0.05, 0.1) is 25.5 Å². The highest BCUT2D eigenvalue weighted by Crippen LogP contribution is 1.88. The molecule has 2 N–H and O–H groups in total. The Labute approximate surface area is 83.2 Å². The van der Waals surface area contributed by atoms with Crippen LogP contribution in [-0.4, -0.2) is 41.4 Å². The molecule has 0 aliphatic heterocycles. The second kappa shape index (κ2) is 7.37. The van der Waals surface area contributed by atoms with Gasteiger partial charge in [-0.25, -0.2) is 9.97 Å². The quantitative estimate of drug-likeness (QED) is 0.581. The van der Waals surface area contributed by atoms with Gasteiger partial charge in [-0.05, 0) is 6.07 Å². The molecule has 0 bridgehead atoms. The van der Waals surface area contributed by atoms with Gasteiger partial charge in [0.15, 0.2) is 0 Å². The highest BCUT2D eigenvalue weighted by atomic mass is 16.5. The Morgan fingerprint density at radius 1 is 1.43 bits per heavy atom. The van der Waals surface area contributed by atoms with Crippen molar-refractivity contribution < 1.29 is 9.84 Å². The fourth-order valence-corrected chi connectivity index (χ4v) is 0.950. The van der Waals surface area contributed by atoms with Crippen LogP contribution in [0.5, 0.6) is 0 Å². The van der Waals surface area contributed by atoms with E-state index in [1.165, 1.54) is 6.33 Å². The molecule has 1 heterocycles. The summed E-state index contributed by atoms with van der Waals surface area (Å²) in [6.45, 7) is 2.54. The van der Waals surface area contributed by atoms with Crippen LogP contribution in [0.2, 0.25) is 0 Å². The van der Waals surface area contributed by atoms with Gasteiger partial charge in [0.1, 0.15) is 6.33 Å². The van der Waals surface area contributed by atoms with Gasteiger partial charge in [-0.15, -0.1) is 0 Å². The topological polar surface area (TPSA) is 67.3 Å². The molecule has 1 rings (SSSR count). The number of aromatic nitrogens is 2. The summed E-state index contributed by atoms with van der Waals surface area (Å²) in [4.78, 5) is 7.88. The average molecular weight is 197 g/mol. The first kappa shape index (κ1) is 11.0. The molecule has 0 unspecified atom stereocenters. The van der Waals surface area contributed by atoms with Crippen LogP contribution in [0.1, 0.15) is 5.69 Å². The molecule has 0 aliphatic carbocycles. The van der Waals surface area contributed by atoms with Crippen LogP contribution >= 0.6 is 0 Å². The van der Waals surface area contributed by atoms with Crippen LogP contribution in [0.25, 0.3) is 0 Å². The van der Waals surface area contributed by atoms with Crippen molar-refractivity contribution in [1.82, 2.24) is 15.3 Å². The molecular weight excluding hydrogens is 182 g/mol. The summed E-state index contributed by atoms with van der Waals surface area (Å²) < 4.78 is 5.08. The zero-order valence-electron chi connectivity index (χ0n) is 8.02. The van der Waals surface area contributed by atoms with E-state index in [0.717, 1.165) is 12.2 Å². The molecule has 78 valence electrons. The minimum Gasteiger partial charge on any atom is -0.394 e. The highest BCUT2D eigenvalue weighted by molar-refractivity contribution is 4.96. The Morgan fingerprint density at radius 3 is 3.07 bits per heavy atom. The largest absolute Gasteiger partial charge is 0.394 e. The summed E-state index contributed by atoms with van der Waals surface area (Å²) in [6, 6.07) is 1.86. The monoisotopic (exact) mass is 197 g/mol. The van der Waals surface area contributed by atoms with E-state index in [1.807, 2.05) is 6.07 Å². The number of ether oxygens (including phenoxy) is 1. The molecule has 5 heteroatoms. The predicted molar refractivity (Wildman–Crippen MR) is 51.6 cm³/mol. The Hall–Kier alpha value is -1.04. The van der Waals surface area contributed by atoms with Gasteiger partial charge < -0.3 is 15.2 Å². The lowest BCUT2D eigenvalue weighted by Gasteiger charge is -2.04. The summed E-state index contributed by atoms with van der Waals surface area (Å²) in [6.07, 6.45) is 3.24. The summed E-state index contributed by atoms with van der Waals surface area (Å²) >= 11 is 0. The van der Waals surface area contributed by atoms with E-state index in [1.54, 1.807) is 6.20 Å². The van der Waals surface area contributed by atoms with Crippen LogP contribution < -0.4 is 5.32 Å². The molecule has 0 amide bonds. The predicted octanol–water partition coefficient (Wildman–Crippen LogP) is -0.425. The molecule has 14 heavy (non-hydrogen) atoms. The molecule has 1 aromatic heterocycles. The second-order valence-corrected chi connectivity index (χ2v) is 2.71. The van der Waals surface area contributed by atoms with Gasteiger partial charge >= 0.3 is 0 Å². The zero-order valence-corrected chi connectivity index (χ0v) is 8.02. The molecular formula is C9H15N3O2. The molecule has 0 aliphatic rings. The molecule has 0 atom stereocenters. The SMILES string of the molecule is OCCOCCNCc1ccncn1. The zero-order chi connectivity index (χ0) is 10.1. The second-order valence-electron chi connectivity index (χ2n) is 2.71. The lowest BCUT2D eigenvalue weighted by Crippen LogP contribution is -2.20. The summed E-state index contributed by atoms with van der Waals surface area (Å²) in [7, 11) is 0. The van der Waals surface area contributed by atoms with Gasteiger partial charge in [-0.1, -0.05) is 0 Å². The molecule has 5 nitrogen and oxygen atoms in total. The third kappa shape index (κ3) is 4.86. The maximum Gasteiger partial charge on any atom is 0.115 e. The molecule has 0 spiro atoms. The number of rotatable bonds is 7. The summed E-state index contributed by atoms with van der Waals surface area (Å²) in [5, 5.41) is 11.6. The van der Waals surface area contributed by atoms with Gasteiger partial charge in [-0.2, -0.15) is 0 Å². The van der Waals surface area contributed by atoms with E-state index in [2.05, 4.69) is 15.3 Å². The molecule has 0 saturated heterocycles. The lowest BCUT2D eigenvalue weighted by molar-refractivity contribution is 0.0937. The standard InChI is InChI=1S/C9H15N3O2/c13-4-6-14-5-3-10-7-9-1-2-11-8-12-9/h1-2,8,10,13H,3-7H2. The first-order chi connectivity index (χ1) is 6.93. The molecule has 0 radical (unpaired) electrons. The Kier molecular flexibility index (Phi) is 5.81. The van der Waals surface area contributed by atoms with Gasteiger partial charge in [0.2, 0.25) is 0 Å². The van der Waals surface area contributed by atoms with Crippen molar-refractivity contribution in [3.63, 3.8) is 0 Å². The van der Waals surface area contributed by atoms with E-state index in [9.17, 15) is 0 Å². The Bertz CT molecular complexity index is 231. The van der Waals surface area contributed by atoms with Gasteiger partial charge in [-0.3, -0.25) is 0 Å². The van der Waals surface area contributed by atoms with E-state index in [0.29, 0.717) is 19.8 Å². The van der Waals surface area contributed by atoms with Crippen LogP contribution in [0.3, 0.4) is 0 Å². The molecule has 1 aromatic rings. The van der Waals surface area contributed by atoms with Crippen molar-refractivity contribution in [2.24, 2.45) is 0 Å². The molecule has 0 aromatic carbocycles. The number of nitrogens with one attached hydrogen (secondary N) is 1. The third-order valence-corrected chi connectivity index (χ3v) is 1.61. The van der Waals surface area contributed by atoms with Crippen LogP contribution in [0.4, 0.5) is 0 Å². The normalized spacial score (nSPS) is 10.4. The van der Waals surface area contributed by atoms with Crippen molar-refractivity contribution in [3.05, 3.63) is 24.3 Å². The van der Waals surface area contributed by atoms with E-state index in [-0.39, 0.29) is 6.61 Å². The third-order valence-electron chi connectivity index (χ3n) is 1.61. The number of hydrogen-bond donors (Lipinski definition) is 2. The smallest absolute Gasteiger partial charge is 0.115 e. The number of aliphatic hydroxyl groups excluding tert-OH is 1. The maximum atomic E-state index is 8.44. The van der Waals surface area contributed by atoms with Crippen LogP contribution in [-0.2, 0) is 11.3 Å². The first-order valence-electron chi connectivity index (χ1n) is 4.57. The minimum atomic E-state index is 0.0753. The average Bonchev–Trinajstić information content (AvgIpc) is 2.25.